The number of ether oxygens (including phenoxy) is 1. The number of hydrogen-bond acceptors (Lipinski definition) is 7. The molecule has 5 heterocycles. The first-order valence-electron chi connectivity index (χ1n) is 10.1. The van der Waals surface area contributed by atoms with E-state index in [1.54, 1.807) is 22.7 Å². The van der Waals surface area contributed by atoms with Gasteiger partial charge in [-0.25, -0.2) is 9.97 Å². The number of hydrogen-bond donors (Lipinski definition) is 0. The van der Waals surface area contributed by atoms with Gasteiger partial charge in [0.1, 0.15) is 10.6 Å². The van der Waals surface area contributed by atoms with E-state index < -0.39 is 0 Å². The van der Waals surface area contributed by atoms with Gasteiger partial charge in [0, 0.05) is 44.2 Å². The van der Waals surface area contributed by atoms with Gasteiger partial charge in [0.25, 0.3) is 0 Å². The molecular formula is C21H26N4OS2. The average molecular weight is 415 g/mol. The molecule has 0 unspecified atom stereocenters. The Kier molecular flexibility index (Phi) is 5.09. The van der Waals surface area contributed by atoms with Gasteiger partial charge in [0.15, 0.2) is 5.82 Å². The van der Waals surface area contributed by atoms with Gasteiger partial charge >= 0.3 is 0 Å². The molecule has 0 amide bonds. The first-order chi connectivity index (χ1) is 13.7. The Morgan fingerprint density at radius 1 is 1.18 bits per heavy atom. The Balaban J connectivity index is 1.43. The van der Waals surface area contributed by atoms with E-state index in [2.05, 4.69) is 41.2 Å². The van der Waals surface area contributed by atoms with Gasteiger partial charge in [-0.3, -0.25) is 4.90 Å². The van der Waals surface area contributed by atoms with Crippen LogP contribution in [0, 0.1) is 13.8 Å². The summed E-state index contributed by atoms with van der Waals surface area (Å²) >= 11 is 3.50. The maximum absolute atomic E-state index is 5.83. The smallest absolute Gasteiger partial charge is 0.173 e. The number of rotatable bonds is 4. The Hall–Kier alpha value is -1.54. The van der Waals surface area contributed by atoms with Crippen molar-refractivity contribution in [2.45, 2.75) is 32.8 Å². The molecule has 2 fully saturated rings. The topological polar surface area (TPSA) is 41.5 Å². The molecule has 0 radical (unpaired) electrons. The van der Waals surface area contributed by atoms with Crippen LogP contribution < -0.4 is 4.90 Å². The van der Waals surface area contributed by atoms with E-state index in [9.17, 15) is 0 Å². The second-order valence-corrected chi connectivity index (χ2v) is 9.89. The number of anilines is 1. The van der Waals surface area contributed by atoms with Crippen molar-refractivity contribution in [3.05, 3.63) is 28.0 Å². The van der Waals surface area contributed by atoms with Crippen LogP contribution in [0.2, 0.25) is 0 Å². The number of thiophene rings is 2. The fourth-order valence-electron chi connectivity index (χ4n) is 4.19. The standard InChI is InChI=1S/C21H26N4OS2/c1-14-15(2)28-21-18(14)20(22-19(23-21)17-6-4-12-27-17)25-9-7-24(8-10-25)13-16-5-3-11-26-16/h4,6,12,16H,3,5,7-11,13H2,1-2H3/t16-/m1/s1. The van der Waals surface area contributed by atoms with Crippen LogP contribution in [0.25, 0.3) is 20.9 Å². The van der Waals surface area contributed by atoms with Crippen LogP contribution in [0.3, 0.4) is 0 Å². The Labute approximate surface area is 174 Å². The lowest BCUT2D eigenvalue weighted by atomic mass is 10.1. The second-order valence-electron chi connectivity index (χ2n) is 7.73. The molecule has 0 spiro atoms. The predicted molar refractivity (Wildman–Crippen MR) is 118 cm³/mol. The van der Waals surface area contributed by atoms with Gasteiger partial charge in [-0.1, -0.05) is 6.07 Å². The van der Waals surface area contributed by atoms with Crippen molar-refractivity contribution < 1.29 is 4.74 Å². The van der Waals surface area contributed by atoms with Crippen molar-refractivity contribution in [1.29, 1.82) is 0 Å². The number of aromatic nitrogens is 2. The lowest BCUT2D eigenvalue weighted by molar-refractivity contribution is 0.0712. The molecule has 3 aromatic heterocycles. The minimum atomic E-state index is 0.435. The maximum Gasteiger partial charge on any atom is 0.173 e. The van der Waals surface area contributed by atoms with Crippen molar-refractivity contribution in [2.75, 3.05) is 44.2 Å². The molecule has 5 rings (SSSR count). The van der Waals surface area contributed by atoms with E-state index in [4.69, 9.17) is 14.7 Å². The summed E-state index contributed by atoms with van der Waals surface area (Å²) in [6.07, 6.45) is 2.86. The van der Waals surface area contributed by atoms with Crippen LogP contribution in [0.15, 0.2) is 17.5 Å². The van der Waals surface area contributed by atoms with Crippen LogP contribution in [0.5, 0.6) is 0 Å². The molecule has 2 aliphatic heterocycles. The molecule has 148 valence electrons. The van der Waals surface area contributed by atoms with Crippen LogP contribution in [-0.2, 0) is 4.74 Å². The summed E-state index contributed by atoms with van der Waals surface area (Å²) in [6.45, 7) is 10.6. The number of fused-ring (bicyclic) bond motifs is 1. The van der Waals surface area contributed by atoms with E-state index in [1.807, 2.05) is 0 Å². The van der Waals surface area contributed by atoms with E-state index >= 15 is 0 Å². The van der Waals surface area contributed by atoms with Crippen LogP contribution in [0.4, 0.5) is 5.82 Å². The third-order valence-electron chi connectivity index (χ3n) is 5.91. The molecule has 0 saturated carbocycles. The first-order valence-corrected chi connectivity index (χ1v) is 11.8. The van der Waals surface area contributed by atoms with Gasteiger partial charge < -0.3 is 9.64 Å². The fourth-order valence-corrected chi connectivity index (χ4v) is 5.87. The average Bonchev–Trinajstić information content (AvgIpc) is 3.45. The fraction of sp³-hybridized carbons (Fsp3) is 0.524. The molecule has 0 aliphatic carbocycles. The van der Waals surface area contributed by atoms with Crippen LogP contribution in [-0.4, -0.2) is 60.3 Å². The molecule has 2 saturated heterocycles. The molecule has 2 aliphatic rings. The second kappa shape index (κ2) is 7.71. The molecule has 3 aromatic rings. The predicted octanol–water partition coefficient (Wildman–Crippen LogP) is 4.34. The molecule has 5 nitrogen and oxygen atoms in total. The highest BCUT2D eigenvalue weighted by molar-refractivity contribution is 7.19. The van der Waals surface area contributed by atoms with Crippen LogP contribution >= 0.6 is 22.7 Å². The summed E-state index contributed by atoms with van der Waals surface area (Å²) in [6, 6.07) is 4.19. The molecular weight excluding hydrogens is 388 g/mol. The first kappa shape index (κ1) is 18.5. The van der Waals surface area contributed by atoms with Crippen molar-refractivity contribution in [3.8, 4) is 10.7 Å². The highest BCUT2D eigenvalue weighted by Crippen LogP contribution is 2.37. The molecule has 7 heteroatoms. The molecule has 1 atom stereocenters. The van der Waals surface area contributed by atoms with Gasteiger partial charge in [-0.05, 0) is 43.7 Å². The largest absolute Gasteiger partial charge is 0.377 e. The maximum atomic E-state index is 5.83. The third kappa shape index (κ3) is 3.45. The third-order valence-corrected chi connectivity index (χ3v) is 7.88. The summed E-state index contributed by atoms with van der Waals surface area (Å²) in [4.78, 5) is 18.6. The summed E-state index contributed by atoms with van der Waals surface area (Å²) in [5.41, 5.74) is 1.33. The van der Waals surface area contributed by atoms with Crippen LogP contribution in [0.1, 0.15) is 23.3 Å². The Bertz CT molecular complexity index is 955. The van der Waals surface area contributed by atoms with E-state index in [1.165, 1.54) is 28.7 Å². The summed E-state index contributed by atoms with van der Waals surface area (Å²) in [7, 11) is 0. The van der Waals surface area contributed by atoms with E-state index in [-0.39, 0.29) is 0 Å². The SMILES string of the molecule is Cc1sc2nc(-c3cccs3)nc(N3CCN(C[C@H]4CCCO4)CC3)c2c1C. The van der Waals surface area contributed by atoms with Gasteiger partial charge in [0.2, 0.25) is 0 Å². The summed E-state index contributed by atoms with van der Waals surface area (Å²) in [5, 5.41) is 3.34. The zero-order chi connectivity index (χ0) is 19.1. The Morgan fingerprint density at radius 2 is 2.04 bits per heavy atom. The Morgan fingerprint density at radius 3 is 2.75 bits per heavy atom. The monoisotopic (exact) mass is 414 g/mol. The molecule has 0 N–H and O–H groups in total. The highest BCUT2D eigenvalue weighted by atomic mass is 32.1. The van der Waals surface area contributed by atoms with Crippen molar-refractivity contribution in [2.24, 2.45) is 0 Å². The van der Waals surface area contributed by atoms with Crippen molar-refractivity contribution >= 4 is 38.7 Å². The zero-order valence-electron chi connectivity index (χ0n) is 16.5. The van der Waals surface area contributed by atoms with E-state index in [0.717, 1.165) is 60.7 Å². The summed E-state index contributed by atoms with van der Waals surface area (Å²) < 4.78 is 5.83. The quantitative estimate of drug-likeness (QED) is 0.635. The zero-order valence-corrected chi connectivity index (χ0v) is 18.1. The minimum Gasteiger partial charge on any atom is -0.377 e. The number of aryl methyl sites for hydroxylation is 2. The molecule has 0 aromatic carbocycles. The normalized spacial score (nSPS) is 21.1. The lowest BCUT2D eigenvalue weighted by Crippen LogP contribution is -2.48. The number of nitrogens with zero attached hydrogens (tertiary/aromatic N) is 4. The molecule has 28 heavy (non-hydrogen) atoms. The minimum absolute atomic E-state index is 0.435. The van der Waals surface area contributed by atoms with Gasteiger partial charge in [0.05, 0.1) is 16.4 Å². The lowest BCUT2D eigenvalue weighted by Gasteiger charge is -2.36. The number of piperazine rings is 1. The highest BCUT2D eigenvalue weighted by Gasteiger charge is 2.26. The van der Waals surface area contributed by atoms with Crippen molar-refractivity contribution in [1.82, 2.24) is 14.9 Å². The summed E-state index contributed by atoms with van der Waals surface area (Å²) in [5.74, 6) is 1.98. The van der Waals surface area contributed by atoms with Gasteiger partial charge in [-0.15, -0.1) is 22.7 Å². The van der Waals surface area contributed by atoms with Gasteiger partial charge in [-0.2, -0.15) is 0 Å². The van der Waals surface area contributed by atoms with Crippen molar-refractivity contribution in [3.63, 3.8) is 0 Å². The van der Waals surface area contributed by atoms with E-state index in [0.29, 0.717) is 6.10 Å². The molecule has 0 bridgehead atoms.